The van der Waals surface area contributed by atoms with Crippen molar-refractivity contribution in [2.75, 3.05) is 26.3 Å². The average molecular weight is 971 g/mol. The van der Waals surface area contributed by atoms with Crippen LogP contribution in [0.5, 0.6) is 5.75 Å². The third kappa shape index (κ3) is 10.2. The molecular weight excluding hydrogens is 905 g/mol. The van der Waals surface area contributed by atoms with Crippen molar-refractivity contribution in [1.29, 1.82) is 5.26 Å². The highest BCUT2D eigenvalue weighted by Crippen LogP contribution is 2.72. The molecule has 1 aromatic heterocycles. The number of benzene rings is 2. The molecule has 0 radical (unpaired) electrons. The smallest absolute Gasteiger partial charge is 0.404 e. The number of halogens is 1. The number of phosphoric acid groups is 1. The summed E-state index contributed by atoms with van der Waals surface area (Å²) in [7, 11) is -5.01. The van der Waals surface area contributed by atoms with Gasteiger partial charge >= 0.3 is 7.82 Å². The lowest BCUT2D eigenvalue weighted by Gasteiger charge is -2.62. The number of rotatable bonds is 22. The number of alkyl halides is 1. The van der Waals surface area contributed by atoms with Gasteiger partial charge in [-0.2, -0.15) is 5.26 Å². The number of Topliss-reactive ketones (excluding diaryl/α,β-unsaturated/α-hetero) is 1. The largest absolute Gasteiger partial charge is 0.524 e. The number of aliphatic hydroxyl groups excluding tert-OH is 2. The molecule has 5 N–H and O–H groups in total. The maximum atomic E-state index is 17.9. The highest BCUT2D eigenvalue weighted by atomic mass is 31.2. The van der Waals surface area contributed by atoms with E-state index < -0.39 is 78.6 Å². The van der Waals surface area contributed by atoms with Gasteiger partial charge in [0.25, 0.3) is 0 Å². The van der Waals surface area contributed by atoms with Gasteiger partial charge in [0.1, 0.15) is 5.75 Å². The molecule has 1 aliphatic heterocycles. The lowest BCUT2D eigenvalue weighted by atomic mass is 9.44. The van der Waals surface area contributed by atoms with E-state index in [1.54, 1.807) is 54.2 Å². The van der Waals surface area contributed by atoms with Crippen molar-refractivity contribution in [2.24, 2.45) is 22.7 Å². The molecule has 4 aliphatic carbocycles. The molecule has 1 saturated heterocycles. The van der Waals surface area contributed by atoms with Crippen molar-refractivity contribution in [3.05, 3.63) is 119 Å². The molecule has 16 heteroatoms. The van der Waals surface area contributed by atoms with Crippen LogP contribution in [-0.2, 0) is 41.3 Å². The molecule has 69 heavy (non-hydrogen) atoms. The second-order valence-corrected chi connectivity index (χ2v) is 21.2. The monoisotopic (exact) mass is 970 g/mol. The lowest BCUT2D eigenvalue weighted by molar-refractivity contribution is -0.689. The number of pyridine rings is 1. The van der Waals surface area contributed by atoms with E-state index in [-0.39, 0.29) is 37.5 Å². The number of allylic oxidation sites excluding steroid dienone is 4. The molecule has 4 fully saturated rings. The van der Waals surface area contributed by atoms with Gasteiger partial charge in [0.2, 0.25) is 0 Å². The molecule has 8 rings (SSSR count). The van der Waals surface area contributed by atoms with Crippen LogP contribution < -0.4 is 14.4 Å². The van der Waals surface area contributed by atoms with Crippen molar-refractivity contribution in [3.8, 4) is 11.8 Å². The van der Waals surface area contributed by atoms with E-state index in [2.05, 4.69) is 29.6 Å². The van der Waals surface area contributed by atoms with Crippen LogP contribution in [0, 0.1) is 34.0 Å². The number of nitrogens with zero attached hydrogens (tertiary/aromatic N) is 2. The van der Waals surface area contributed by atoms with Gasteiger partial charge in [-0.1, -0.05) is 67.8 Å². The van der Waals surface area contributed by atoms with Gasteiger partial charge < -0.3 is 34.3 Å². The third-order valence-electron chi connectivity index (χ3n) is 15.8. The predicted molar refractivity (Wildman–Crippen MR) is 252 cm³/mol. The Kier molecular flexibility index (Phi) is 15.6. The summed E-state index contributed by atoms with van der Waals surface area (Å²) >= 11 is 0. The van der Waals surface area contributed by atoms with Gasteiger partial charge in [-0.25, -0.2) is 13.5 Å². The maximum absolute atomic E-state index is 17.9. The number of ketones is 2. The summed E-state index contributed by atoms with van der Waals surface area (Å²) in [6.07, 6.45) is 11.1. The van der Waals surface area contributed by atoms with Gasteiger partial charge in [0, 0.05) is 42.6 Å². The van der Waals surface area contributed by atoms with Crippen LogP contribution in [0.1, 0.15) is 119 Å². The average Bonchev–Trinajstić information content (AvgIpc) is 3.82. The lowest BCUT2D eigenvalue weighted by Crippen LogP contribution is -2.69. The number of unbranched alkanes of at least 4 members (excludes halogenated alkanes) is 4. The van der Waals surface area contributed by atoms with Crippen LogP contribution in [0.15, 0.2) is 96.9 Å². The van der Waals surface area contributed by atoms with Gasteiger partial charge in [0.05, 0.1) is 41.9 Å². The number of nitriles is 1. The second kappa shape index (κ2) is 21.1. The Bertz CT molecular complexity index is 2500. The van der Waals surface area contributed by atoms with Crippen molar-refractivity contribution < 1.29 is 61.8 Å². The standard InChI is InChI=1S/C53H65FN3O11P/c1-50-23-21-41(58)30-40(50)19-20-42-43-31-48-53(46(60)22-24-55,51(43,2)32-47(61)52(42,50)54)67-49(66-48)39-16-12-26-57(35-39)34-38-18-17-37(29-45(38)68-69(62,63)64)44(59)33-56-25-9-3-4-10-27-65-28-11-8-15-36-13-6-5-7-14-36/h5-7,12-14,16-18,21,23,26,29-30,35,42-44,47-49,56,59,61H,3-4,8-11,15,19-20,22,25,27-28,31-34H2,1-2H3,(H-,62,63,64)/p+1/t42?,43?,44?,47-,48+,49?,50-,51-,52-,53+/m0/s1. The minimum Gasteiger partial charge on any atom is -0.404 e. The molecule has 0 spiro atoms. The van der Waals surface area contributed by atoms with Crippen LogP contribution >= 0.6 is 7.82 Å². The Morgan fingerprint density at radius 2 is 1.81 bits per heavy atom. The number of phosphoric ester groups is 1. The van der Waals surface area contributed by atoms with E-state index in [1.165, 1.54) is 23.8 Å². The van der Waals surface area contributed by atoms with Crippen LogP contribution in [-0.4, -0.2) is 81.3 Å². The number of hydrogen-bond donors (Lipinski definition) is 5. The van der Waals surface area contributed by atoms with Crippen LogP contribution in [0.25, 0.3) is 0 Å². The molecule has 4 unspecified atom stereocenters. The summed E-state index contributed by atoms with van der Waals surface area (Å²) in [5.74, 6) is -1.97. The highest BCUT2D eigenvalue weighted by Gasteiger charge is 2.79. The van der Waals surface area contributed by atoms with E-state index in [4.69, 9.17) is 18.7 Å². The number of hydrogen-bond acceptors (Lipinski definition) is 11. The maximum Gasteiger partial charge on any atom is 0.524 e. The van der Waals surface area contributed by atoms with E-state index >= 15 is 4.39 Å². The number of carbonyl (C=O) groups is 2. The number of aromatic nitrogens is 1. The van der Waals surface area contributed by atoms with E-state index in [1.807, 2.05) is 19.1 Å². The summed E-state index contributed by atoms with van der Waals surface area (Å²) in [6, 6.07) is 20.7. The number of fused-ring (bicyclic) bond motifs is 7. The first-order valence-electron chi connectivity index (χ1n) is 24.4. The van der Waals surface area contributed by atoms with Gasteiger partial charge in [-0.3, -0.25) is 19.4 Å². The van der Waals surface area contributed by atoms with Gasteiger partial charge in [-0.05, 0) is 119 Å². The van der Waals surface area contributed by atoms with E-state index in [0.29, 0.717) is 41.6 Å². The Morgan fingerprint density at radius 1 is 1.04 bits per heavy atom. The van der Waals surface area contributed by atoms with Crippen LogP contribution in [0.3, 0.4) is 0 Å². The summed E-state index contributed by atoms with van der Waals surface area (Å²) in [6.45, 7) is 6.08. The SMILES string of the molecule is C[C@]12C=CC(=O)C=C1CCC1C3C[C@H]4OC(c5ccc[n+](Cc6ccc(C(O)CNCCCCCCOCCCCc7ccccc7)cc6OP(=O)(O)O)c5)O[C@@]4(C(=O)CC#N)[C@@]3(C)C[C@H](O)[C@@]12F. The number of ether oxygens (including phenoxy) is 3. The molecule has 2 heterocycles. The molecule has 2 aromatic carbocycles. The minimum atomic E-state index is -5.01. The third-order valence-corrected chi connectivity index (χ3v) is 16.2. The molecule has 5 aliphatic rings. The van der Waals surface area contributed by atoms with Gasteiger partial charge in [-0.15, -0.1) is 0 Å². The Labute approximate surface area is 403 Å². The fourth-order valence-electron chi connectivity index (χ4n) is 12.4. The second-order valence-electron chi connectivity index (χ2n) is 20.0. The minimum absolute atomic E-state index is 0.0766. The number of aryl methyl sites for hydroxylation is 1. The van der Waals surface area contributed by atoms with Crippen LogP contribution in [0.4, 0.5) is 4.39 Å². The summed E-state index contributed by atoms with van der Waals surface area (Å²) in [4.78, 5) is 46.4. The first-order valence-corrected chi connectivity index (χ1v) is 26.0. The highest BCUT2D eigenvalue weighted by molar-refractivity contribution is 7.46. The first-order chi connectivity index (χ1) is 33.0. The quantitative estimate of drug-likeness (QED) is 0.0380. The van der Waals surface area contributed by atoms with Crippen molar-refractivity contribution >= 4 is 19.4 Å². The van der Waals surface area contributed by atoms with Crippen LogP contribution in [0.2, 0.25) is 0 Å². The molecule has 370 valence electrons. The van der Waals surface area contributed by atoms with E-state index in [0.717, 1.165) is 58.2 Å². The molecule has 0 amide bonds. The molecular formula is C53H66FN3O11P+. The zero-order chi connectivity index (χ0) is 49.0. The molecule has 14 nitrogen and oxygen atoms in total. The summed E-state index contributed by atoms with van der Waals surface area (Å²) in [5.41, 5.74) is -2.82. The van der Waals surface area contributed by atoms with Gasteiger partial charge in [0.15, 0.2) is 48.1 Å². The zero-order valence-corrected chi connectivity index (χ0v) is 40.4. The summed E-state index contributed by atoms with van der Waals surface area (Å²) < 4.78 is 56.2. The Morgan fingerprint density at radius 3 is 2.58 bits per heavy atom. The fraction of sp³-hybridized carbons (Fsp3) is 0.547. The number of nitrogens with one attached hydrogen (secondary N) is 1. The molecule has 0 bridgehead atoms. The number of aliphatic hydroxyl groups is 2. The molecule has 3 saturated carbocycles. The Hall–Kier alpha value is -4.46. The molecule has 10 atom stereocenters. The topological polar surface area (TPSA) is 209 Å². The summed E-state index contributed by atoms with van der Waals surface area (Å²) in [5, 5.41) is 36.1. The predicted octanol–water partition coefficient (Wildman–Crippen LogP) is 7.33. The van der Waals surface area contributed by atoms with Crippen molar-refractivity contribution in [3.63, 3.8) is 0 Å². The normalized spacial score (nSPS) is 30.7. The van der Waals surface area contributed by atoms with E-state index in [9.17, 15) is 39.4 Å². The molecule has 3 aromatic rings. The fourth-order valence-corrected chi connectivity index (χ4v) is 12.8. The Balaban J connectivity index is 0.879. The van der Waals surface area contributed by atoms with Crippen molar-refractivity contribution in [2.45, 2.75) is 133 Å². The first kappa shape index (κ1) is 50.9. The van der Waals surface area contributed by atoms with Crippen molar-refractivity contribution in [1.82, 2.24) is 5.32 Å². The number of carbonyl (C=O) groups excluding carboxylic acids is 2. The zero-order valence-electron chi connectivity index (χ0n) is 39.5.